The summed E-state index contributed by atoms with van der Waals surface area (Å²) in [6.45, 7) is 6.74. The van der Waals surface area contributed by atoms with E-state index in [1.54, 1.807) is 31.2 Å². The first-order valence-corrected chi connectivity index (χ1v) is 9.12. The molecule has 6 heteroatoms. The summed E-state index contributed by atoms with van der Waals surface area (Å²) in [6.07, 6.45) is 0.403. The van der Waals surface area contributed by atoms with Crippen molar-refractivity contribution in [2.75, 3.05) is 29.1 Å². The van der Waals surface area contributed by atoms with E-state index in [4.69, 9.17) is 4.74 Å². The Hall–Kier alpha value is -3.02. The van der Waals surface area contributed by atoms with Crippen LogP contribution in [0.1, 0.15) is 27.2 Å². The summed E-state index contributed by atoms with van der Waals surface area (Å²) in [5, 5.41) is 8.67. The van der Waals surface area contributed by atoms with E-state index in [0.717, 1.165) is 11.4 Å². The number of hydrogen-bond donors (Lipinski definition) is 3. The van der Waals surface area contributed by atoms with Crippen molar-refractivity contribution in [1.82, 2.24) is 0 Å². The summed E-state index contributed by atoms with van der Waals surface area (Å²) in [7, 11) is 0. The highest BCUT2D eigenvalue weighted by atomic mass is 16.5. The van der Waals surface area contributed by atoms with Crippen LogP contribution in [0.2, 0.25) is 0 Å². The van der Waals surface area contributed by atoms with Crippen molar-refractivity contribution in [2.24, 2.45) is 5.92 Å². The number of carbonyl (C=O) groups excluding carboxylic acids is 2. The van der Waals surface area contributed by atoms with Gasteiger partial charge >= 0.3 is 0 Å². The fourth-order valence-corrected chi connectivity index (χ4v) is 2.27. The first-order chi connectivity index (χ1) is 13.0. The lowest BCUT2D eigenvalue weighted by Gasteiger charge is -2.12. The maximum Gasteiger partial charge on any atom is 0.243 e. The summed E-state index contributed by atoms with van der Waals surface area (Å²) in [5.41, 5.74) is 2.10. The molecule has 0 fully saturated rings. The molecule has 2 aromatic carbocycles. The monoisotopic (exact) mass is 369 g/mol. The van der Waals surface area contributed by atoms with E-state index < -0.39 is 0 Å². The highest BCUT2D eigenvalue weighted by Crippen LogP contribution is 2.18. The smallest absolute Gasteiger partial charge is 0.243 e. The minimum Gasteiger partial charge on any atom is -0.493 e. The van der Waals surface area contributed by atoms with Gasteiger partial charge in [0.05, 0.1) is 13.2 Å². The van der Waals surface area contributed by atoms with Gasteiger partial charge in [0.2, 0.25) is 11.8 Å². The standard InChI is InChI=1S/C21H27N3O3/c1-4-20(25)23-17-8-5-9-18(11-17)24-21(26)13-22-16-7-6-10-19(12-16)27-14-15(2)3/h5-12,15,22H,4,13-14H2,1-3H3,(H,23,25)(H,24,26). The van der Waals surface area contributed by atoms with Crippen LogP contribution in [0.4, 0.5) is 17.1 Å². The lowest BCUT2D eigenvalue weighted by atomic mass is 10.2. The molecule has 3 N–H and O–H groups in total. The van der Waals surface area contributed by atoms with Crippen molar-refractivity contribution >= 4 is 28.9 Å². The number of ether oxygens (including phenoxy) is 1. The number of hydrogen-bond acceptors (Lipinski definition) is 4. The van der Waals surface area contributed by atoms with Crippen LogP contribution in [0.25, 0.3) is 0 Å². The van der Waals surface area contributed by atoms with Gasteiger partial charge in [-0.3, -0.25) is 9.59 Å². The molecule has 0 radical (unpaired) electrons. The molecule has 144 valence electrons. The molecule has 0 unspecified atom stereocenters. The Kier molecular flexibility index (Phi) is 7.67. The highest BCUT2D eigenvalue weighted by molar-refractivity contribution is 5.95. The van der Waals surface area contributed by atoms with E-state index in [1.165, 1.54) is 0 Å². The molecule has 2 rings (SSSR count). The molecule has 2 aromatic rings. The lowest BCUT2D eigenvalue weighted by Crippen LogP contribution is -2.21. The van der Waals surface area contributed by atoms with Gasteiger partial charge in [0.1, 0.15) is 5.75 Å². The minimum atomic E-state index is -0.178. The molecule has 27 heavy (non-hydrogen) atoms. The highest BCUT2D eigenvalue weighted by Gasteiger charge is 2.05. The van der Waals surface area contributed by atoms with Crippen LogP contribution in [-0.2, 0) is 9.59 Å². The second kappa shape index (κ2) is 10.2. The van der Waals surface area contributed by atoms with Crippen LogP contribution < -0.4 is 20.7 Å². The zero-order valence-corrected chi connectivity index (χ0v) is 16.0. The van der Waals surface area contributed by atoms with Gasteiger partial charge in [-0.15, -0.1) is 0 Å². The number of anilines is 3. The van der Waals surface area contributed by atoms with Gasteiger partial charge in [0, 0.05) is 29.5 Å². The Morgan fingerprint density at radius 3 is 2.22 bits per heavy atom. The van der Waals surface area contributed by atoms with Crippen LogP contribution in [-0.4, -0.2) is 25.0 Å². The molecule has 0 saturated heterocycles. The quantitative estimate of drug-likeness (QED) is 0.621. The Bertz CT molecular complexity index is 775. The zero-order chi connectivity index (χ0) is 19.6. The third kappa shape index (κ3) is 7.40. The summed E-state index contributed by atoms with van der Waals surface area (Å²) < 4.78 is 5.69. The zero-order valence-electron chi connectivity index (χ0n) is 16.0. The molecule has 6 nitrogen and oxygen atoms in total. The predicted octanol–water partition coefficient (Wildman–Crippen LogP) is 4.12. The number of carbonyl (C=O) groups is 2. The first-order valence-electron chi connectivity index (χ1n) is 9.12. The summed E-state index contributed by atoms with van der Waals surface area (Å²) in [4.78, 5) is 23.6. The molecule has 0 aromatic heterocycles. The van der Waals surface area contributed by atoms with Crippen molar-refractivity contribution in [3.63, 3.8) is 0 Å². The summed E-state index contributed by atoms with van der Waals surface area (Å²) in [6, 6.07) is 14.6. The molecule has 2 amide bonds. The summed E-state index contributed by atoms with van der Waals surface area (Å²) >= 11 is 0. The first kappa shape index (κ1) is 20.3. The third-order valence-electron chi connectivity index (χ3n) is 3.62. The lowest BCUT2D eigenvalue weighted by molar-refractivity contribution is -0.116. The van der Waals surface area contributed by atoms with Crippen LogP contribution in [0.15, 0.2) is 48.5 Å². The predicted molar refractivity (Wildman–Crippen MR) is 109 cm³/mol. The number of rotatable bonds is 9. The molecule has 0 bridgehead atoms. The molecule has 0 aliphatic rings. The maximum atomic E-state index is 12.2. The Labute approximate surface area is 160 Å². The van der Waals surface area contributed by atoms with Crippen LogP contribution >= 0.6 is 0 Å². The average Bonchev–Trinajstić information content (AvgIpc) is 2.65. The molecule has 0 atom stereocenters. The number of amides is 2. The van der Waals surface area contributed by atoms with Crippen molar-refractivity contribution in [2.45, 2.75) is 27.2 Å². The van der Waals surface area contributed by atoms with Gasteiger partial charge in [-0.1, -0.05) is 32.9 Å². The SMILES string of the molecule is CCC(=O)Nc1cccc(NC(=O)CNc2cccc(OCC(C)C)c2)c1. The van der Waals surface area contributed by atoms with Crippen molar-refractivity contribution in [3.8, 4) is 5.75 Å². The van der Waals surface area contributed by atoms with E-state index in [1.807, 2.05) is 24.3 Å². The molecule has 0 heterocycles. The Balaban J connectivity index is 1.86. The van der Waals surface area contributed by atoms with Crippen molar-refractivity contribution in [1.29, 1.82) is 0 Å². The largest absolute Gasteiger partial charge is 0.493 e. The molecular formula is C21H27N3O3. The minimum absolute atomic E-state index is 0.0697. The van der Waals surface area contributed by atoms with E-state index in [0.29, 0.717) is 30.3 Å². The van der Waals surface area contributed by atoms with Gasteiger partial charge in [-0.05, 0) is 36.2 Å². The van der Waals surface area contributed by atoms with Crippen molar-refractivity contribution < 1.29 is 14.3 Å². The fourth-order valence-electron chi connectivity index (χ4n) is 2.27. The van der Waals surface area contributed by atoms with Gasteiger partial charge in [-0.2, -0.15) is 0 Å². The maximum absolute atomic E-state index is 12.2. The molecule has 0 aliphatic carbocycles. The van der Waals surface area contributed by atoms with Crippen LogP contribution in [0, 0.1) is 5.92 Å². The second-order valence-electron chi connectivity index (χ2n) is 6.62. The summed E-state index contributed by atoms with van der Waals surface area (Å²) in [5.74, 6) is 0.973. The molecular weight excluding hydrogens is 342 g/mol. The van der Waals surface area contributed by atoms with E-state index in [-0.39, 0.29) is 18.4 Å². The number of benzene rings is 2. The topological polar surface area (TPSA) is 79.5 Å². The average molecular weight is 369 g/mol. The molecule has 0 saturated carbocycles. The van der Waals surface area contributed by atoms with E-state index >= 15 is 0 Å². The molecule has 0 spiro atoms. The van der Waals surface area contributed by atoms with Gasteiger partial charge in [0.15, 0.2) is 0 Å². The van der Waals surface area contributed by atoms with Crippen molar-refractivity contribution in [3.05, 3.63) is 48.5 Å². The van der Waals surface area contributed by atoms with Crippen LogP contribution in [0.3, 0.4) is 0 Å². The van der Waals surface area contributed by atoms with Crippen LogP contribution in [0.5, 0.6) is 5.75 Å². The molecule has 0 aliphatic heterocycles. The van der Waals surface area contributed by atoms with Gasteiger partial charge < -0.3 is 20.7 Å². The Morgan fingerprint density at radius 1 is 0.926 bits per heavy atom. The fraction of sp³-hybridized carbons (Fsp3) is 0.333. The normalized spacial score (nSPS) is 10.4. The van der Waals surface area contributed by atoms with Gasteiger partial charge in [0.25, 0.3) is 0 Å². The van der Waals surface area contributed by atoms with E-state index in [2.05, 4.69) is 29.8 Å². The third-order valence-corrected chi connectivity index (χ3v) is 3.62. The number of nitrogens with one attached hydrogen (secondary N) is 3. The Morgan fingerprint density at radius 2 is 1.56 bits per heavy atom. The van der Waals surface area contributed by atoms with E-state index in [9.17, 15) is 9.59 Å². The second-order valence-corrected chi connectivity index (χ2v) is 6.62. The van der Waals surface area contributed by atoms with Gasteiger partial charge in [-0.25, -0.2) is 0 Å².